The Bertz CT molecular complexity index is 387. The van der Waals surface area contributed by atoms with Crippen molar-refractivity contribution >= 4 is 17.8 Å². The van der Waals surface area contributed by atoms with Crippen LogP contribution in [0, 0.1) is 0 Å². The number of carboxylic acid groups (broad SMARTS) is 1. The molecule has 0 aliphatic rings. The van der Waals surface area contributed by atoms with Crippen LogP contribution < -0.4 is 5.32 Å². The number of halogens is 3. The number of amides is 2. The van der Waals surface area contributed by atoms with Crippen molar-refractivity contribution in [2.24, 2.45) is 0 Å². The minimum Gasteiger partial charge on any atom is -0.480 e. The summed E-state index contributed by atoms with van der Waals surface area (Å²) in [7, 11) is 0. The summed E-state index contributed by atoms with van der Waals surface area (Å²) in [4.78, 5) is 34.1. The highest BCUT2D eigenvalue weighted by Gasteiger charge is 2.30. The molecule has 0 fully saturated rings. The van der Waals surface area contributed by atoms with Gasteiger partial charge < -0.3 is 20.1 Å². The Balaban J connectivity index is 4.52. The fraction of sp³-hybridized carbons (Fsp3) is 0.727. The normalized spacial score (nSPS) is 12.6. The van der Waals surface area contributed by atoms with Gasteiger partial charge in [-0.25, -0.2) is 4.79 Å². The zero-order valence-corrected chi connectivity index (χ0v) is 11.6. The van der Waals surface area contributed by atoms with Gasteiger partial charge in [-0.3, -0.25) is 9.59 Å². The van der Waals surface area contributed by atoms with E-state index < -0.39 is 37.3 Å². The number of carbonyl (C=O) groups excluding carboxylic acids is 2. The molecule has 0 rings (SSSR count). The molecule has 2 N–H and O–H groups in total. The molecule has 0 aromatic heterocycles. The van der Waals surface area contributed by atoms with Crippen LogP contribution in [0.1, 0.15) is 13.8 Å². The summed E-state index contributed by atoms with van der Waals surface area (Å²) in [5.74, 6) is -2.60. The number of ether oxygens (including phenoxy) is 1. The van der Waals surface area contributed by atoms with E-state index in [1.54, 1.807) is 0 Å². The molecule has 0 radical (unpaired) electrons. The molecular formula is C11H17F3N2O5. The summed E-state index contributed by atoms with van der Waals surface area (Å²) in [6.07, 6.45) is -4.57. The summed E-state index contributed by atoms with van der Waals surface area (Å²) in [6, 6.07) is -1.25. The number of nitrogens with zero attached hydrogens (tertiary/aromatic N) is 1. The van der Waals surface area contributed by atoms with E-state index in [1.807, 2.05) is 0 Å². The molecule has 10 heteroatoms. The molecule has 0 spiro atoms. The van der Waals surface area contributed by atoms with Gasteiger partial charge in [0.2, 0.25) is 11.8 Å². The van der Waals surface area contributed by atoms with Crippen molar-refractivity contribution in [1.82, 2.24) is 10.2 Å². The second kappa shape index (κ2) is 8.45. The third-order valence-corrected chi connectivity index (χ3v) is 2.36. The number of aliphatic carboxylic acids is 1. The van der Waals surface area contributed by atoms with Crippen molar-refractivity contribution in [3.05, 3.63) is 0 Å². The van der Waals surface area contributed by atoms with Gasteiger partial charge in [0.1, 0.15) is 19.3 Å². The first kappa shape index (κ1) is 19.2. The maximum atomic E-state index is 11.9. The lowest BCUT2D eigenvalue weighted by Gasteiger charge is -2.26. The summed E-state index contributed by atoms with van der Waals surface area (Å²) in [5, 5.41) is 11.2. The van der Waals surface area contributed by atoms with Crippen molar-refractivity contribution in [3.8, 4) is 0 Å². The van der Waals surface area contributed by atoms with Gasteiger partial charge in [-0.2, -0.15) is 13.2 Å². The van der Waals surface area contributed by atoms with Crippen LogP contribution in [0.3, 0.4) is 0 Å². The van der Waals surface area contributed by atoms with Gasteiger partial charge in [0, 0.05) is 20.0 Å². The van der Waals surface area contributed by atoms with Crippen LogP contribution in [0.4, 0.5) is 13.2 Å². The number of carbonyl (C=O) groups is 3. The molecule has 0 aromatic carbocycles. The van der Waals surface area contributed by atoms with Crippen LogP contribution in [0.25, 0.3) is 0 Å². The predicted molar refractivity (Wildman–Crippen MR) is 64.4 cm³/mol. The number of alkyl halides is 3. The summed E-state index contributed by atoms with van der Waals surface area (Å²) in [6.45, 7) is -0.215. The summed E-state index contributed by atoms with van der Waals surface area (Å²) < 4.78 is 39.9. The number of hydrogen-bond donors (Lipinski definition) is 2. The number of hydrogen-bond acceptors (Lipinski definition) is 4. The van der Waals surface area contributed by atoms with E-state index in [2.05, 4.69) is 10.1 Å². The van der Waals surface area contributed by atoms with Gasteiger partial charge in [0.25, 0.3) is 0 Å². The summed E-state index contributed by atoms with van der Waals surface area (Å²) >= 11 is 0. The van der Waals surface area contributed by atoms with Gasteiger partial charge in [-0.15, -0.1) is 0 Å². The molecule has 0 aliphatic carbocycles. The minimum absolute atomic E-state index is 0.0159. The average molecular weight is 314 g/mol. The maximum absolute atomic E-state index is 11.9. The van der Waals surface area contributed by atoms with Gasteiger partial charge in [0.05, 0.1) is 0 Å². The van der Waals surface area contributed by atoms with E-state index in [0.29, 0.717) is 0 Å². The molecule has 0 heterocycles. The van der Waals surface area contributed by atoms with Crippen molar-refractivity contribution in [2.75, 3.05) is 26.3 Å². The van der Waals surface area contributed by atoms with E-state index in [4.69, 9.17) is 5.11 Å². The first-order valence-corrected chi connectivity index (χ1v) is 5.95. The zero-order chi connectivity index (χ0) is 16.6. The van der Waals surface area contributed by atoms with Crippen LogP contribution in [0.2, 0.25) is 0 Å². The molecule has 2 amide bonds. The van der Waals surface area contributed by atoms with Crippen molar-refractivity contribution in [3.63, 3.8) is 0 Å². The molecule has 0 saturated carbocycles. The lowest BCUT2D eigenvalue weighted by molar-refractivity contribution is -0.179. The van der Waals surface area contributed by atoms with Gasteiger partial charge in [0.15, 0.2) is 0 Å². The predicted octanol–water partition coefficient (Wildman–Crippen LogP) is 0.00310. The Labute approximate surface area is 119 Å². The molecule has 7 nitrogen and oxygen atoms in total. The van der Waals surface area contributed by atoms with E-state index in [9.17, 15) is 27.6 Å². The topological polar surface area (TPSA) is 95.9 Å². The molecule has 21 heavy (non-hydrogen) atoms. The number of carboxylic acids is 1. The fourth-order valence-corrected chi connectivity index (χ4v) is 1.36. The summed E-state index contributed by atoms with van der Waals surface area (Å²) in [5.41, 5.74) is 0. The molecule has 0 aliphatic heterocycles. The molecule has 0 aromatic rings. The first-order valence-electron chi connectivity index (χ1n) is 5.95. The maximum Gasteiger partial charge on any atom is 0.411 e. The van der Waals surface area contributed by atoms with E-state index >= 15 is 0 Å². The molecule has 0 bridgehead atoms. The molecule has 1 unspecified atom stereocenters. The third kappa shape index (κ3) is 8.84. The minimum atomic E-state index is -4.57. The second-order valence-corrected chi connectivity index (χ2v) is 4.19. The molecular weight excluding hydrogens is 297 g/mol. The lowest BCUT2D eigenvalue weighted by atomic mass is 10.2. The van der Waals surface area contributed by atoms with Crippen molar-refractivity contribution in [2.45, 2.75) is 26.1 Å². The van der Waals surface area contributed by atoms with Gasteiger partial charge in [-0.1, -0.05) is 0 Å². The SMILES string of the molecule is CC(=O)NCCN(C(=O)COCC(F)(F)F)C(C)C(=O)O. The molecule has 0 saturated heterocycles. The first-order chi connectivity index (χ1) is 9.54. The Morgan fingerprint density at radius 3 is 2.33 bits per heavy atom. The smallest absolute Gasteiger partial charge is 0.411 e. The Morgan fingerprint density at radius 2 is 1.90 bits per heavy atom. The van der Waals surface area contributed by atoms with Crippen molar-refractivity contribution in [1.29, 1.82) is 0 Å². The Kier molecular flexibility index (Phi) is 7.71. The highest BCUT2D eigenvalue weighted by atomic mass is 19.4. The second-order valence-electron chi connectivity index (χ2n) is 4.19. The fourth-order valence-electron chi connectivity index (χ4n) is 1.36. The zero-order valence-electron chi connectivity index (χ0n) is 11.6. The highest BCUT2D eigenvalue weighted by molar-refractivity contribution is 5.84. The third-order valence-electron chi connectivity index (χ3n) is 2.36. The van der Waals surface area contributed by atoms with E-state index in [-0.39, 0.29) is 19.0 Å². The van der Waals surface area contributed by atoms with E-state index in [0.717, 1.165) is 4.90 Å². The van der Waals surface area contributed by atoms with Crippen LogP contribution >= 0.6 is 0 Å². The lowest BCUT2D eigenvalue weighted by Crippen LogP contribution is -2.48. The number of rotatable bonds is 8. The largest absolute Gasteiger partial charge is 0.480 e. The highest BCUT2D eigenvalue weighted by Crippen LogP contribution is 2.14. The van der Waals surface area contributed by atoms with Crippen LogP contribution in [-0.4, -0.2) is 66.3 Å². The van der Waals surface area contributed by atoms with E-state index in [1.165, 1.54) is 13.8 Å². The van der Waals surface area contributed by atoms with Crippen molar-refractivity contribution < 1.29 is 37.4 Å². The van der Waals surface area contributed by atoms with Crippen LogP contribution in [-0.2, 0) is 19.1 Å². The quantitative estimate of drug-likeness (QED) is 0.657. The van der Waals surface area contributed by atoms with Gasteiger partial charge in [-0.05, 0) is 6.92 Å². The number of nitrogens with one attached hydrogen (secondary N) is 1. The average Bonchev–Trinajstić information content (AvgIpc) is 2.31. The Morgan fingerprint density at radius 1 is 1.33 bits per heavy atom. The van der Waals surface area contributed by atoms with Crippen LogP contribution in [0.15, 0.2) is 0 Å². The Hall–Kier alpha value is -1.84. The molecule has 1 atom stereocenters. The van der Waals surface area contributed by atoms with Crippen LogP contribution in [0.5, 0.6) is 0 Å². The molecule has 122 valence electrons. The van der Waals surface area contributed by atoms with Gasteiger partial charge >= 0.3 is 12.1 Å². The monoisotopic (exact) mass is 314 g/mol. The standard InChI is InChI=1S/C11H17F3N2O5/c1-7(10(19)20)16(4-3-15-8(2)17)9(18)5-21-6-11(12,13)14/h7H,3-6H2,1-2H3,(H,15,17)(H,19,20).